The summed E-state index contributed by atoms with van der Waals surface area (Å²) in [6, 6.07) is 9.07. The highest BCUT2D eigenvalue weighted by molar-refractivity contribution is 5.22. The summed E-state index contributed by atoms with van der Waals surface area (Å²) in [4.78, 5) is 1.49. The molecule has 1 unspecified atom stereocenters. The van der Waals surface area contributed by atoms with Crippen LogP contribution in [-0.4, -0.2) is 43.1 Å². The van der Waals surface area contributed by atoms with Crippen LogP contribution in [0.25, 0.3) is 0 Å². The molecule has 0 aliphatic carbocycles. The fourth-order valence-electron chi connectivity index (χ4n) is 1.82. The second-order valence-corrected chi connectivity index (χ2v) is 4.51. The minimum absolute atomic E-state index is 0.0690. The third-order valence-corrected chi connectivity index (χ3v) is 3.01. The lowest BCUT2D eigenvalue weighted by Gasteiger charge is -2.29. The van der Waals surface area contributed by atoms with E-state index in [1.54, 1.807) is 19.2 Å². The van der Waals surface area contributed by atoms with Crippen LogP contribution in [0.3, 0.4) is 0 Å². The number of hydrogen-bond acceptors (Lipinski definition) is 3. The second-order valence-electron chi connectivity index (χ2n) is 4.51. The molecule has 18 heavy (non-hydrogen) atoms. The summed E-state index contributed by atoms with van der Waals surface area (Å²) in [6.07, 6.45) is -2.03. The molecule has 0 saturated heterocycles. The highest BCUT2D eigenvalue weighted by atomic mass is 19.3. The van der Waals surface area contributed by atoms with Crippen LogP contribution in [0.2, 0.25) is 0 Å². The lowest BCUT2D eigenvalue weighted by Crippen LogP contribution is -2.39. The Morgan fingerprint density at radius 2 is 1.94 bits per heavy atom. The Morgan fingerprint density at radius 3 is 2.44 bits per heavy atom. The zero-order valence-electron chi connectivity index (χ0n) is 10.5. The molecule has 102 valence electrons. The predicted molar refractivity (Wildman–Crippen MR) is 67.5 cm³/mol. The topological polar surface area (TPSA) is 49.5 Å². The van der Waals surface area contributed by atoms with Gasteiger partial charge in [-0.2, -0.15) is 0 Å². The van der Waals surface area contributed by atoms with Crippen molar-refractivity contribution in [1.29, 1.82) is 0 Å². The van der Waals surface area contributed by atoms with Gasteiger partial charge in [-0.15, -0.1) is 0 Å². The molecule has 0 heterocycles. The van der Waals surface area contributed by atoms with Crippen LogP contribution >= 0.6 is 0 Å². The third kappa shape index (κ3) is 4.33. The highest BCUT2D eigenvalue weighted by Crippen LogP contribution is 2.23. The van der Waals surface area contributed by atoms with Crippen molar-refractivity contribution in [3.8, 4) is 0 Å². The van der Waals surface area contributed by atoms with Gasteiger partial charge in [-0.1, -0.05) is 30.3 Å². The summed E-state index contributed by atoms with van der Waals surface area (Å²) in [6.45, 7) is 0.141. The predicted octanol–water partition coefficient (Wildman–Crippen LogP) is 1.42. The Morgan fingerprint density at radius 1 is 1.33 bits per heavy atom. The molecular weight excluding hydrogens is 238 g/mol. The van der Waals surface area contributed by atoms with Crippen molar-refractivity contribution >= 4 is 0 Å². The number of rotatable bonds is 7. The van der Waals surface area contributed by atoms with Gasteiger partial charge in [0.25, 0.3) is 6.43 Å². The highest BCUT2D eigenvalue weighted by Gasteiger charge is 2.27. The molecule has 3 nitrogen and oxygen atoms in total. The number of hydrogen-bond donors (Lipinski definition) is 2. The summed E-state index contributed by atoms with van der Waals surface area (Å²) in [5.41, 5.74) is 5.18. The molecular formula is C13H20F2N2O. The number of aliphatic hydroxyl groups is 1. The average Bonchev–Trinajstić information content (AvgIpc) is 2.36. The number of halogens is 2. The van der Waals surface area contributed by atoms with Gasteiger partial charge in [0.2, 0.25) is 0 Å². The maximum absolute atomic E-state index is 12.2. The van der Waals surface area contributed by atoms with Gasteiger partial charge in [0.15, 0.2) is 0 Å². The monoisotopic (exact) mass is 258 g/mol. The van der Waals surface area contributed by atoms with Crippen LogP contribution in [0.4, 0.5) is 8.78 Å². The molecule has 0 aromatic heterocycles. The standard InChI is InChI=1S/C13H20F2N2O/c1-17(9-12(14)15)8-7-13(18,10-16)11-5-3-2-4-6-11/h2-6,12,18H,7-10,16H2,1H3. The van der Waals surface area contributed by atoms with Gasteiger partial charge in [0.1, 0.15) is 5.60 Å². The number of benzene rings is 1. The van der Waals surface area contributed by atoms with E-state index in [9.17, 15) is 13.9 Å². The summed E-state index contributed by atoms with van der Waals surface area (Å²) in [5, 5.41) is 10.4. The van der Waals surface area contributed by atoms with Crippen molar-refractivity contribution in [3.63, 3.8) is 0 Å². The van der Waals surface area contributed by atoms with E-state index in [1.165, 1.54) is 4.90 Å². The van der Waals surface area contributed by atoms with Gasteiger partial charge in [-0.3, -0.25) is 0 Å². The van der Waals surface area contributed by atoms with Gasteiger partial charge < -0.3 is 15.7 Å². The first kappa shape index (κ1) is 15.0. The van der Waals surface area contributed by atoms with E-state index in [4.69, 9.17) is 5.73 Å². The van der Waals surface area contributed by atoms with Crippen molar-refractivity contribution in [3.05, 3.63) is 35.9 Å². The lowest BCUT2D eigenvalue weighted by molar-refractivity contribution is 0.0208. The Balaban J connectivity index is 2.61. The summed E-state index contributed by atoms with van der Waals surface area (Å²) in [7, 11) is 1.61. The molecule has 0 aliphatic rings. The van der Waals surface area contributed by atoms with Crippen LogP contribution in [0.1, 0.15) is 12.0 Å². The van der Waals surface area contributed by atoms with E-state index in [1.807, 2.05) is 18.2 Å². The summed E-state index contributed by atoms with van der Waals surface area (Å²) >= 11 is 0. The number of nitrogens with two attached hydrogens (primary N) is 1. The average molecular weight is 258 g/mol. The largest absolute Gasteiger partial charge is 0.384 e. The molecule has 1 aromatic rings. The van der Waals surface area contributed by atoms with Crippen LogP contribution in [0.5, 0.6) is 0 Å². The third-order valence-electron chi connectivity index (χ3n) is 3.01. The smallest absolute Gasteiger partial charge is 0.251 e. The lowest BCUT2D eigenvalue weighted by atomic mass is 9.90. The van der Waals surface area contributed by atoms with E-state index in [2.05, 4.69) is 0 Å². The molecule has 3 N–H and O–H groups in total. The Kier molecular flexibility index (Phi) is 5.65. The van der Waals surface area contributed by atoms with Gasteiger partial charge in [0, 0.05) is 13.1 Å². The van der Waals surface area contributed by atoms with Crippen LogP contribution in [0.15, 0.2) is 30.3 Å². The number of alkyl halides is 2. The van der Waals surface area contributed by atoms with Gasteiger partial charge in [0.05, 0.1) is 6.54 Å². The molecule has 0 aliphatic heterocycles. The maximum atomic E-state index is 12.2. The molecule has 1 aromatic carbocycles. The molecule has 1 rings (SSSR count). The Labute approximate surface area is 106 Å². The van der Waals surface area contributed by atoms with Crippen LogP contribution in [-0.2, 0) is 5.60 Å². The quantitative estimate of drug-likeness (QED) is 0.777. The number of nitrogens with zero attached hydrogens (tertiary/aromatic N) is 1. The van der Waals surface area contributed by atoms with E-state index >= 15 is 0 Å². The first-order valence-electron chi connectivity index (χ1n) is 5.92. The Hall–Kier alpha value is -1.04. The summed E-state index contributed by atoms with van der Waals surface area (Å²) in [5.74, 6) is 0. The molecule has 0 amide bonds. The molecule has 0 spiro atoms. The van der Waals surface area contributed by atoms with E-state index < -0.39 is 12.0 Å². The van der Waals surface area contributed by atoms with Gasteiger partial charge in [-0.05, 0) is 19.0 Å². The minimum Gasteiger partial charge on any atom is -0.384 e. The SMILES string of the molecule is CN(CCC(O)(CN)c1ccccc1)CC(F)F. The fraction of sp³-hybridized carbons (Fsp3) is 0.538. The van der Waals surface area contributed by atoms with Crippen molar-refractivity contribution < 1.29 is 13.9 Å². The molecule has 0 saturated carbocycles. The first-order chi connectivity index (χ1) is 8.48. The zero-order chi connectivity index (χ0) is 13.6. The van der Waals surface area contributed by atoms with E-state index in [0.717, 1.165) is 5.56 Å². The van der Waals surface area contributed by atoms with Crippen molar-refractivity contribution in [2.45, 2.75) is 18.4 Å². The molecule has 1 atom stereocenters. The van der Waals surface area contributed by atoms with Gasteiger partial charge in [-0.25, -0.2) is 8.78 Å². The fourth-order valence-corrected chi connectivity index (χ4v) is 1.82. The van der Waals surface area contributed by atoms with Crippen LogP contribution in [0, 0.1) is 0 Å². The van der Waals surface area contributed by atoms with Crippen molar-refractivity contribution in [2.24, 2.45) is 5.73 Å². The molecule has 5 heteroatoms. The Bertz CT molecular complexity index is 348. The zero-order valence-corrected chi connectivity index (χ0v) is 10.5. The van der Waals surface area contributed by atoms with Crippen molar-refractivity contribution in [1.82, 2.24) is 4.90 Å². The molecule has 0 radical (unpaired) electrons. The van der Waals surface area contributed by atoms with E-state index in [-0.39, 0.29) is 13.1 Å². The van der Waals surface area contributed by atoms with Crippen molar-refractivity contribution in [2.75, 3.05) is 26.7 Å². The minimum atomic E-state index is -2.36. The first-order valence-corrected chi connectivity index (χ1v) is 5.92. The maximum Gasteiger partial charge on any atom is 0.251 e. The molecule has 0 bridgehead atoms. The second kappa shape index (κ2) is 6.78. The van der Waals surface area contributed by atoms with E-state index in [0.29, 0.717) is 13.0 Å². The summed E-state index contributed by atoms with van der Waals surface area (Å²) < 4.78 is 24.4. The van der Waals surface area contributed by atoms with Crippen LogP contribution < -0.4 is 5.73 Å². The molecule has 0 fully saturated rings. The normalized spacial score (nSPS) is 15.1. The van der Waals surface area contributed by atoms with Gasteiger partial charge >= 0.3 is 0 Å².